The van der Waals surface area contributed by atoms with Crippen molar-refractivity contribution in [2.75, 3.05) is 24.7 Å². The number of nitrogens with zero attached hydrogens (tertiary/aromatic N) is 1. The first-order valence-corrected chi connectivity index (χ1v) is 6.13. The van der Waals surface area contributed by atoms with E-state index in [0.717, 1.165) is 19.8 Å². The lowest BCUT2D eigenvalue weighted by Gasteiger charge is -2.35. The average Bonchev–Trinajstić information content (AvgIpc) is 2.30. The first kappa shape index (κ1) is 11.5. The van der Waals surface area contributed by atoms with Gasteiger partial charge in [0, 0.05) is 18.3 Å². The Hall–Kier alpha value is -1.02. The molecule has 1 fully saturated rings. The Labute approximate surface area is 98.2 Å². The molecule has 1 atom stereocenters. The summed E-state index contributed by atoms with van der Waals surface area (Å²) in [5.74, 6) is 0.608. The highest BCUT2D eigenvalue weighted by atomic mass is 16.5. The maximum Gasteiger partial charge on any atom is 0.0668 e. The summed E-state index contributed by atoms with van der Waals surface area (Å²) >= 11 is 0. The van der Waals surface area contributed by atoms with Gasteiger partial charge < -0.3 is 9.64 Å². The molecule has 0 aromatic heterocycles. The second-order valence-electron chi connectivity index (χ2n) is 4.86. The lowest BCUT2D eigenvalue weighted by molar-refractivity contribution is 0.0989. The summed E-state index contributed by atoms with van der Waals surface area (Å²) in [5, 5.41) is 0. The smallest absolute Gasteiger partial charge is 0.0668 e. The van der Waals surface area contributed by atoms with E-state index in [1.165, 1.54) is 11.3 Å². The molecule has 2 rings (SSSR count). The number of rotatable bonds is 2. The van der Waals surface area contributed by atoms with Crippen molar-refractivity contribution < 1.29 is 4.74 Å². The molecule has 0 N–H and O–H groups in total. The molecule has 1 aliphatic heterocycles. The van der Waals surface area contributed by atoms with Gasteiger partial charge in [-0.25, -0.2) is 0 Å². The minimum Gasteiger partial charge on any atom is -0.377 e. The molecule has 0 radical (unpaired) electrons. The van der Waals surface area contributed by atoms with Crippen LogP contribution in [-0.4, -0.2) is 25.8 Å². The Bertz CT molecular complexity index is 331. The normalized spacial score (nSPS) is 21.5. The quantitative estimate of drug-likeness (QED) is 0.758. The van der Waals surface area contributed by atoms with E-state index in [9.17, 15) is 0 Å². The highest BCUT2D eigenvalue weighted by molar-refractivity contribution is 5.49. The van der Waals surface area contributed by atoms with Crippen LogP contribution in [-0.2, 0) is 4.74 Å². The molecule has 0 bridgehead atoms. The van der Waals surface area contributed by atoms with Gasteiger partial charge in [0.25, 0.3) is 0 Å². The van der Waals surface area contributed by atoms with E-state index in [0.29, 0.717) is 12.0 Å². The summed E-state index contributed by atoms with van der Waals surface area (Å²) in [6.07, 6.45) is 0. The molecule has 16 heavy (non-hydrogen) atoms. The standard InChI is InChI=1S/C14H21NO/c1-11(2)13-4-6-14(7-5-13)15-8-9-16-10-12(15)3/h4-7,11-12H,8-10H2,1-3H3/t12-/m1/s1. The molecule has 1 aromatic rings. The van der Waals surface area contributed by atoms with E-state index in [1.54, 1.807) is 0 Å². The fraction of sp³-hybridized carbons (Fsp3) is 0.571. The molecule has 1 saturated heterocycles. The monoisotopic (exact) mass is 219 g/mol. The van der Waals surface area contributed by atoms with Crippen molar-refractivity contribution in [3.05, 3.63) is 29.8 Å². The van der Waals surface area contributed by atoms with Crippen molar-refractivity contribution in [1.29, 1.82) is 0 Å². The number of hydrogen-bond acceptors (Lipinski definition) is 2. The molecule has 1 aliphatic rings. The zero-order valence-corrected chi connectivity index (χ0v) is 10.4. The van der Waals surface area contributed by atoms with Gasteiger partial charge in [-0.3, -0.25) is 0 Å². The molecule has 1 heterocycles. The molecule has 0 amide bonds. The van der Waals surface area contributed by atoms with Crippen LogP contribution in [0.25, 0.3) is 0 Å². The number of ether oxygens (including phenoxy) is 1. The minimum absolute atomic E-state index is 0.485. The van der Waals surface area contributed by atoms with E-state index >= 15 is 0 Å². The van der Waals surface area contributed by atoms with E-state index in [4.69, 9.17) is 4.74 Å². The number of anilines is 1. The van der Waals surface area contributed by atoms with E-state index in [2.05, 4.69) is 49.9 Å². The Morgan fingerprint density at radius 1 is 1.25 bits per heavy atom. The minimum atomic E-state index is 0.485. The molecule has 2 nitrogen and oxygen atoms in total. The summed E-state index contributed by atoms with van der Waals surface area (Å²) in [4.78, 5) is 2.42. The molecule has 0 spiro atoms. The van der Waals surface area contributed by atoms with Crippen molar-refractivity contribution in [3.63, 3.8) is 0 Å². The first-order valence-electron chi connectivity index (χ1n) is 6.13. The fourth-order valence-corrected chi connectivity index (χ4v) is 2.16. The van der Waals surface area contributed by atoms with Gasteiger partial charge >= 0.3 is 0 Å². The van der Waals surface area contributed by atoms with E-state index in [-0.39, 0.29) is 0 Å². The van der Waals surface area contributed by atoms with E-state index in [1.807, 2.05) is 0 Å². The first-order chi connectivity index (χ1) is 7.68. The zero-order chi connectivity index (χ0) is 11.5. The molecular formula is C14H21NO. The summed E-state index contributed by atoms with van der Waals surface area (Å²) < 4.78 is 5.45. The van der Waals surface area contributed by atoms with Crippen molar-refractivity contribution in [3.8, 4) is 0 Å². The van der Waals surface area contributed by atoms with Crippen molar-refractivity contribution in [2.45, 2.75) is 32.7 Å². The number of morpholine rings is 1. The van der Waals surface area contributed by atoms with Crippen LogP contribution < -0.4 is 4.90 Å². The third-order valence-electron chi connectivity index (χ3n) is 3.26. The summed E-state index contributed by atoms with van der Waals surface area (Å²) in [5.41, 5.74) is 2.73. The molecule has 2 heteroatoms. The summed E-state index contributed by atoms with van der Waals surface area (Å²) in [7, 11) is 0. The van der Waals surface area contributed by atoms with E-state index < -0.39 is 0 Å². The topological polar surface area (TPSA) is 12.5 Å². The Kier molecular flexibility index (Phi) is 3.49. The van der Waals surface area contributed by atoms with Crippen LogP contribution in [0.4, 0.5) is 5.69 Å². The Morgan fingerprint density at radius 3 is 2.50 bits per heavy atom. The highest BCUT2D eigenvalue weighted by Crippen LogP contribution is 2.22. The Morgan fingerprint density at radius 2 is 1.94 bits per heavy atom. The molecule has 88 valence electrons. The maximum absolute atomic E-state index is 5.45. The second-order valence-corrected chi connectivity index (χ2v) is 4.86. The molecule has 0 aliphatic carbocycles. The van der Waals surface area contributed by atoms with Crippen LogP contribution in [0.5, 0.6) is 0 Å². The largest absolute Gasteiger partial charge is 0.377 e. The fourth-order valence-electron chi connectivity index (χ4n) is 2.16. The second kappa shape index (κ2) is 4.88. The third kappa shape index (κ3) is 2.38. The molecule has 0 saturated carbocycles. The van der Waals surface area contributed by atoms with Gasteiger partial charge in [-0.15, -0.1) is 0 Å². The maximum atomic E-state index is 5.45. The molecular weight excluding hydrogens is 198 g/mol. The van der Waals surface area contributed by atoms with Crippen LogP contribution >= 0.6 is 0 Å². The van der Waals surface area contributed by atoms with Gasteiger partial charge in [0.2, 0.25) is 0 Å². The van der Waals surface area contributed by atoms with Crippen molar-refractivity contribution >= 4 is 5.69 Å². The van der Waals surface area contributed by atoms with Gasteiger partial charge in [0.1, 0.15) is 0 Å². The third-order valence-corrected chi connectivity index (χ3v) is 3.26. The summed E-state index contributed by atoms with van der Waals surface area (Å²) in [6.45, 7) is 9.36. The number of benzene rings is 1. The van der Waals surface area contributed by atoms with Crippen LogP contribution in [0, 0.1) is 0 Å². The van der Waals surface area contributed by atoms with Gasteiger partial charge in [0.15, 0.2) is 0 Å². The number of hydrogen-bond donors (Lipinski definition) is 0. The van der Waals surface area contributed by atoms with Crippen LogP contribution in [0.2, 0.25) is 0 Å². The lowest BCUT2D eigenvalue weighted by Crippen LogP contribution is -2.43. The average molecular weight is 219 g/mol. The molecule has 0 unspecified atom stereocenters. The van der Waals surface area contributed by atoms with Gasteiger partial charge in [-0.2, -0.15) is 0 Å². The van der Waals surface area contributed by atoms with Crippen LogP contribution in [0.15, 0.2) is 24.3 Å². The highest BCUT2D eigenvalue weighted by Gasteiger charge is 2.18. The predicted octanol–water partition coefficient (Wildman–Crippen LogP) is 3.04. The molecule has 1 aromatic carbocycles. The van der Waals surface area contributed by atoms with Crippen LogP contribution in [0.3, 0.4) is 0 Å². The zero-order valence-electron chi connectivity index (χ0n) is 10.4. The van der Waals surface area contributed by atoms with Crippen LogP contribution in [0.1, 0.15) is 32.3 Å². The summed E-state index contributed by atoms with van der Waals surface area (Å²) in [6, 6.07) is 9.43. The van der Waals surface area contributed by atoms with Gasteiger partial charge in [0.05, 0.1) is 13.2 Å². The van der Waals surface area contributed by atoms with Gasteiger partial charge in [-0.1, -0.05) is 26.0 Å². The predicted molar refractivity (Wildman–Crippen MR) is 68.2 cm³/mol. The Balaban J connectivity index is 2.14. The van der Waals surface area contributed by atoms with Gasteiger partial charge in [-0.05, 0) is 30.5 Å². The SMILES string of the molecule is CC(C)c1ccc(N2CCOC[C@H]2C)cc1. The lowest BCUT2D eigenvalue weighted by atomic mass is 10.0. The van der Waals surface area contributed by atoms with Crippen molar-refractivity contribution in [1.82, 2.24) is 0 Å². The van der Waals surface area contributed by atoms with Crippen molar-refractivity contribution in [2.24, 2.45) is 0 Å².